The summed E-state index contributed by atoms with van der Waals surface area (Å²) < 4.78 is 0. The van der Waals surface area contributed by atoms with Gasteiger partial charge >= 0.3 is 0 Å². The number of alkyl halides is 1. The van der Waals surface area contributed by atoms with E-state index in [1.807, 2.05) is 24.3 Å². The lowest BCUT2D eigenvalue weighted by atomic mass is 10.2. The normalized spacial score (nSPS) is 10.4. The fourth-order valence-corrected chi connectivity index (χ4v) is 1.47. The Balaban J connectivity index is 1.94. The van der Waals surface area contributed by atoms with Gasteiger partial charge in [-0.15, -0.1) is 21.8 Å². The third-order valence-electron chi connectivity index (χ3n) is 2.11. The number of anilines is 1. The number of hydrogen-bond donors (Lipinski definition) is 1. The molecule has 0 radical (unpaired) electrons. The summed E-state index contributed by atoms with van der Waals surface area (Å²) in [5, 5.41) is 14.9. The lowest BCUT2D eigenvalue weighted by molar-refractivity contribution is 0.628. The highest BCUT2D eigenvalue weighted by Gasteiger charge is 1.99. The van der Waals surface area contributed by atoms with Crippen LogP contribution in [0.15, 0.2) is 24.3 Å². The molecule has 0 spiro atoms. The molecule has 0 bridgehead atoms. The van der Waals surface area contributed by atoms with Crippen molar-refractivity contribution < 1.29 is 0 Å². The van der Waals surface area contributed by atoms with Crippen molar-refractivity contribution in [1.29, 1.82) is 0 Å². The van der Waals surface area contributed by atoms with Crippen LogP contribution in [0.1, 0.15) is 11.4 Å². The van der Waals surface area contributed by atoms with Crippen LogP contribution in [0.3, 0.4) is 0 Å². The molecule has 0 saturated heterocycles. The van der Waals surface area contributed by atoms with E-state index in [9.17, 15) is 0 Å². The van der Waals surface area contributed by atoms with Gasteiger partial charge in [0.2, 0.25) is 0 Å². The van der Waals surface area contributed by atoms with Crippen LogP contribution in [-0.2, 0) is 19.5 Å². The quantitative estimate of drug-likeness (QED) is 0.820. The van der Waals surface area contributed by atoms with Crippen LogP contribution < -0.4 is 5.32 Å². The molecule has 84 valence electrons. The fraction of sp³-hybridized carbons (Fsp3) is 0.300. The number of rotatable bonds is 4. The molecule has 1 N–H and O–H groups in total. The predicted octanol–water partition coefficient (Wildman–Crippen LogP) is 1.56. The number of aryl methyl sites for hydroxylation is 1. The van der Waals surface area contributed by atoms with Gasteiger partial charge in [0.25, 0.3) is 0 Å². The molecule has 0 unspecified atom stereocenters. The van der Waals surface area contributed by atoms with E-state index in [0.29, 0.717) is 18.2 Å². The third-order valence-corrected chi connectivity index (χ3v) is 2.42. The molecule has 1 aromatic heterocycles. The molecule has 2 rings (SSSR count). The van der Waals surface area contributed by atoms with E-state index in [2.05, 4.69) is 20.7 Å². The standard InChI is InChI=1S/C10H12ClN5/c1-16-14-10(13-15-16)7-12-9-4-2-8(6-11)3-5-9/h2-5,12H,6-7H2,1H3. The van der Waals surface area contributed by atoms with E-state index in [1.165, 1.54) is 4.80 Å². The zero-order chi connectivity index (χ0) is 11.4. The van der Waals surface area contributed by atoms with Gasteiger partial charge in [-0.25, -0.2) is 0 Å². The molecule has 0 aliphatic rings. The van der Waals surface area contributed by atoms with Gasteiger partial charge in [-0.3, -0.25) is 0 Å². The van der Waals surface area contributed by atoms with E-state index in [4.69, 9.17) is 11.6 Å². The molecular weight excluding hydrogens is 226 g/mol. The Morgan fingerprint density at radius 1 is 1.31 bits per heavy atom. The first-order valence-electron chi connectivity index (χ1n) is 4.89. The zero-order valence-electron chi connectivity index (χ0n) is 8.89. The first-order valence-corrected chi connectivity index (χ1v) is 5.43. The number of halogens is 1. The van der Waals surface area contributed by atoms with E-state index >= 15 is 0 Å². The highest BCUT2D eigenvalue weighted by Crippen LogP contribution is 2.11. The molecule has 1 heterocycles. The number of nitrogens with one attached hydrogen (secondary N) is 1. The highest BCUT2D eigenvalue weighted by atomic mass is 35.5. The number of aromatic nitrogens is 4. The van der Waals surface area contributed by atoms with Crippen LogP contribution in [-0.4, -0.2) is 20.2 Å². The maximum atomic E-state index is 5.70. The Bertz CT molecular complexity index is 450. The Kier molecular flexibility index (Phi) is 3.36. The molecule has 2 aromatic rings. The molecule has 0 aliphatic heterocycles. The smallest absolute Gasteiger partial charge is 0.193 e. The Morgan fingerprint density at radius 2 is 2.06 bits per heavy atom. The molecule has 16 heavy (non-hydrogen) atoms. The minimum absolute atomic E-state index is 0.534. The van der Waals surface area contributed by atoms with Crippen molar-refractivity contribution in [1.82, 2.24) is 20.2 Å². The van der Waals surface area contributed by atoms with E-state index in [-0.39, 0.29) is 0 Å². The molecule has 0 amide bonds. The lowest BCUT2D eigenvalue weighted by Crippen LogP contribution is -2.02. The van der Waals surface area contributed by atoms with Crippen LogP contribution in [0.25, 0.3) is 0 Å². The van der Waals surface area contributed by atoms with Crippen molar-refractivity contribution in [2.24, 2.45) is 7.05 Å². The summed E-state index contributed by atoms with van der Waals surface area (Å²) in [6.07, 6.45) is 0. The highest BCUT2D eigenvalue weighted by molar-refractivity contribution is 6.17. The summed E-state index contributed by atoms with van der Waals surface area (Å²) in [6.45, 7) is 0.564. The summed E-state index contributed by atoms with van der Waals surface area (Å²) in [7, 11) is 1.74. The van der Waals surface area contributed by atoms with Gasteiger partial charge in [0.1, 0.15) is 0 Å². The topological polar surface area (TPSA) is 55.6 Å². The van der Waals surface area contributed by atoms with Crippen molar-refractivity contribution >= 4 is 17.3 Å². The molecule has 0 saturated carbocycles. The SMILES string of the molecule is Cn1nnc(CNc2ccc(CCl)cc2)n1. The predicted molar refractivity (Wildman–Crippen MR) is 62.1 cm³/mol. The van der Waals surface area contributed by atoms with E-state index in [0.717, 1.165) is 11.3 Å². The largest absolute Gasteiger partial charge is 0.378 e. The summed E-state index contributed by atoms with van der Waals surface area (Å²) in [5.41, 5.74) is 2.12. The Labute approximate surface area is 98.4 Å². The molecule has 5 nitrogen and oxygen atoms in total. The Morgan fingerprint density at radius 3 is 2.62 bits per heavy atom. The Hall–Kier alpha value is -1.62. The minimum Gasteiger partial charge on any atom is -0.378 e. The van der Waals surface area contributed by atoms with Crippen LogP contribution in [0.5, 0.6) is 0 Å². The molecule has 0 fully saturated rings. The summed E-state index contributed by atoms with van der Waals surface area (Å²) in [5.74, 6) is 1.20. The summed E-state index contributed by atoms with van der Waals surface area (Å²) >= 11 is 5.70. The number of tetrazole rings is 1. The van der Waals surface area contributed by atoms with E-state index in [1.54, 1.807) is 7.05 Å². The maximum absolute atomic E-state index is 5.70. The van der Waals surface area contributed by atoms with Crippen LogP contribution in [0.2, 0.25) is 0 Å². The van der Waals surface area contributed by atoms with Crippen LogP contribution in [0.4, 0.5) is 5.69 Å². The molecule has 0 aliphatic carbocycles. The number of benzene rings is 1. The number of nitrogens with zero attached hydrogens (tertiary/aromatic N) is 4. The molecular formula is C10H12ClN5. The summed E-state index contributed by atoms with van der Waals surface area (Å²) in [6, 6.07) is 7.93. The second kappa shape index (κ2) is 4.94. The molecule has 6 heteroatoms. The van der Waals surface area contributed by atoms with Crippen molar-refractivity contribution in [3.05, 3.63) is 35.7 Å². The monoisotopic (exact) mass is 237 g/mol. The average molecular weight is 238 g/mol. The van der Waals surface area contributed by atoms with Crippen molar-refractivity contribution in [3.63, 3.8) is 0 Å². The molecule has 1 aromatic carbocycles. The first kappa shape index (κ1) is 10.9. The third kappa shape index (κ3) is 2.70. The second-order valence-corrected chi connectivity index (χ2v) is 3.65. The van der Waals surface area contributed by atoms with Gasteiger partial charge in [0.05, 0.1) is 13.6 Å². The van der Waals surface area contributed by atoms with Crippen molar-refractivity contribution in [2.75, 3.05) is 5.32 Å². The van der Waals surface area contributed by atoms with Gasteiger partial charge in [-0.1, -0.05) is 12.1 Å². The summed E-state index contributed by atoms with van der Waals surface area (Å²) in [4.78, 5) is 1.44. The minimum atomic E-state index is 0.534. The zero-order valence-corrected chi connectivity index (χ0v) is 9.65. The van der Waals surface area contributed by atoms with Gasteiger partial charge in [-0.05, 0) is 22.9 Å². The van der Waals surface area contributed by atoms with Gasteiger partial charge in [0, 0.05) is 11.6 Å². The first-order chi connectivity index (χ1) is 7.78. The average Bonchev–Trinajstić information content (AvgIpc) is 2.73. The van der Waals surface area contributed by atoms with Gasteiger partial charge < -0.3 is 5.32 Å². The van der Waals surface area contributed by atoms with Crippen LogP contribution >= 0.6 is 11.6 Å². The van der Waals surface area contributed by atoms with E-state index < -0.39 is 0 Å². The van der Waals surface area contributed by atoms with Crippen molar-refractivity contribution in [2.45, 2.75) is 12.4 Å². The fourth-order valence-electron chi connectivity index (χ4n) is 1.29. The maximum Gasteiger partial charge on any atom is 0.193 e. The number of hydrogen-bond acceptors (Lipinski definition) is 4. The lowest BCUT2D eigenvalue weighted by Gasteiger charge is -2.03. The van der Waals surface area contributed by atoms with Crippen LogP contribution in [0, 0.1) is 0 Å². The van der Waals surface area contributed by atoms with Gasteiger partial charge in [-0.2, -0.15) is 4.80 Å². The van der Waals surface area contributed by atoms with Crippen molar-refractivity contribution in [3.8, 4) is 0 Å². The van der Waals surface area contributed by atoms with Gasteiger partial charge in [0.15, 0.2) is 5.82 Å². The molecule has 0 atom stereocenters. The second-order valence-electron chi connectivity index (χ2n) is 3.38.